The van der Waals surface area contributed by atoms with Crippen molar-refractivity contribution in [2.75, 3.05) is 19.0 Å². The molecule has 0 radical (unpaired) electrons. The van der Waals surface area contributed by atoms with Gasteiger partial charge in [0.15, 0.2) is 0 Å². The first-order valence-electron chi connectivity index (χ1n) is 7.33. The zero-order valence-corrected chi connectivity index (χ0v) is 13.0. The normalized spacial score (nSPS) is 10.2. The summed E-state index contributed by atoms with van der Waals surface area (Å²) in [6.07, 6.45) is 1.00. The van der Waals surface area contributed by atoms with Crippen molar-refractivity contribution in [3.05, 3.63) is 53.6 Å². The molecule has 3 heteroatoms. The maximum atomic E-state index is 5.81. The van der Waals surface area contributed by atoms with Crippen LogP contribution in [-0.4, -0.2) is 13.7 Å². The molecule has 0 unspecified atom stereocenters. The second-order valence-corrected chi connectivity index (χ2v) is 5.05. The fourth-order valence-electron chi connectivity index (χ4n) is 2.09. The molecule has 0 saturated carbocycles. The van der Waals surface area contributed by atoms with Crippen molar-refractivity contribution in [1.29, 1.82) is 0 Å². The molecule has 0 atom stereocenters. The van der Waals surface area contributed by atoms with Crippen LogP contribution in [0.15, 0.2) is 42.5 Å². The van der Waals surface area contributed by atoms with Crippen LogP contribution in [0.25, 0.3) is 0 Å². The van der Waals surface area contributed by atoms with Crippen LogP contribution in [0.2, 0.25) is 0 Å². The van der Waals surface area contributed by atoms with E-state index in [0.29, 0.717) is 0 Å². The van der Waals surface area contributed by atoms with E-state index in [-0.39, 0.29) is 0 Å². The van der Waals surface area contributed by atoms with Gasteiger partial charge in [-0.25, -0.2) is 0 Å². The van der Waals surface area contributed by atoms with E-state index in [4.69, 9.17) is 9.47 Å². The highest BCUT2D eigenvalue weighted by Gasteiger charge is 2.04. The first-order valence-corrected chi connectivity index (χ1v) is 7.33. The Labute approximate surface area is 126 Å². The Balaban J connectivity index is 2.07. The first-order chi connectivity index (χ1) is 10.2. The topological polar surface area (TPSA) is 30.5 Å². The van der Waals surface area contributed by atoms with Crippen LogP contribution in [0.1, 0.15) is 24.5 Å². The van der Waals surface area contributed by atoms with Crippen LogP contribution >= 0.6 is 0 Å². The first kappa shape index (κ1) is 15.2. The summed E-state index contributed by atoms with van der Waals surface area (Å²) in [6.45, 7) is 5.66. The summed E-state index contributed by atoms with van der Waals surface area (Å²) in [5, 5.41) is 3.44. The Morgan fingerprint density at radius 1 is 1.10 bits per heavy atom. The number of hydrogen-bond acceptors (Lipinski definition) is 3. The number of anilines is 1. The van der Waals surface area contributed by atoms with E-state index in [0.717, 1.165) is 36.8 Å². The van der Waals surface area contributed by atoms with Crippen molar-refractivity contribution in [3.63, 3.8) is 0 Å². The van der Waals surface area contributed by atoms with Crippen molar-refractivity contribution >= 4 is 5.69 Å². The van der Waals surface area contributed by atoms with Crippen LogP contribution in [0.3, 0.4) is 0 Å². The summed E-state index contributed by atoms with van der Waals surface area (Å²) in [6, 6.07) is 14.3. The molecule has 2 aromatic carbocycles. The van der Waals surface area contributed by atoms with E-state index in [1.165, 1.54) is 11.1 Å². The lowest BCUT2D eigenvalue weighted by Crippen LogP contribution is -2.04. The van der Waals surface area contributed by atoms with Gasteiger partial charge in [-0.15, -0.1) is 0 Å². The summed E-state index contributed by atoms with van der Waals surface area (Å²) < 4.78 is 11.1. The number of nitrogens with one attached hydrogen (secondary N) is 1. The largest absolute Gasteiger partial charge is 0.497 e. The quantitative estimate of drug-likeness (QED) is 0.817. The predicted octanol–water partition coefficient (Wildman–Crippen LogP) is 4.40. The van der Waals surface area contributed by atoms with Crippen LogP contribution in [0, 0.1) is 6.92 Å². The molecule has 0 aromatic heterocycles. The third kappa shape index (κ3) is 4.42. The van der Waals surface area contributed by atoms with Gasteiger partial charge < -0.3 is 14.8 Å². The highest BCUT2D eigenvalue weighted by molar-refractivity contribution is 5.58. The Kier molecular flexibility index (Phi) is 5.50. The fourth-order valence-corrected chi connectivity index (χ4v) is 2.09. The van der Waals surface area contributed by atoms with Crippen LogP contribution in [-0.2, 0) is 6.54 Å². The average molecular weight is 285 g/mol. The lowest BCUT2D eigenvalue weighted by atomic mass is 10.2. The minimum absolute atomic E-state index is 0.733. The van der Waals surface area contributed by atoms with Gasteiger partial charge in [0, 0.05) is 6.54 Å². The van der Waals surface area contributed by atoms with Gasteiger partial charge in [-0.2, -0.15) is 0 Å². The zero-order chi connectivity index (χ0) is 15.1. The van der Waals surface area contributed by atoms with Gasteiger partial charge in [-0.3, -0.25) is 0 Å². The maximum absolute atomic E-state index is 5.81. The van der Waals surface area contributed by atoms with Crippen LogP contribution < -0.4 is 14.8 Å². The Morgan fingerprint density at radius 3 is 2.71 bits per heavy atom. The molecular weight excluding hydrogens is 262 g/mol. The molecule has 21 heavy (non-hydrogen) atoms. The molecule has 112 valence electrons. The highest BCUT2D eigenvalue weighted by atomic mass is 16.5. The lowest BCUT2D eigenvalue weighted by molar-refractivity contribution is 0.318. The fraction of sp³-hybridized carbons (Fsp3) is 0.333. The van der Waals surface area contributed by atoms with Crippen molar-refractivity contribution in [3.8, 4) is 11.5 Å². The number of aryl methyl sites for hydroxylation is 1. The van der Waals surface area contributed by atoms with Crippen molar-refractivity contribution < 1.29 is 9.47 Å². The van der Waals surface area contributed by atoms with Gasteiger partial charge in [0.2, 0.25) is 0 Å². The Bertz CT molecular complexity index is 581. The summed E-state index contributed by atoms with van der Waals surface area (Å²) >= 11 is 0. The van der Waals surface area contributed by atoms with E-state index in [1.807, 2.05) is 18.2 Å². The molecule has 0 fully saturated rings. The molecule has 1 N–H and O–H groups in total. The minimum Gasteiger partial charge on any atom is -0.497 e. The van der Waals surface area contributed by atoms with E-state index in [2.05, 4.69) is 43.4 Å². The van der Waals surface area contributed by atoms with Gasteiger partial charge in [0.25, 0.3) is 0 Å². The number of hydrogen-bond donors (Lipinski definition) is 1. The highest BCUT2D eigenvalue weighted by Crippen LogP contribution is 2.26. The van der Waals surface area contributed by atoms with Crippen LogP contribution in [0.5, 0.6) is 11.5 Å². The SMILES string of the molecule is CCCOc1cc(C)ccc1NCc1cccc(OC)c1. The lowest BCUT2D eigenvalue weighted by Gasteiger charge is -2.14. The smallest absolute Gasteiger partial charge is 0.142 e. The van der Waals surface area contributed by atoms with Crippen molar-refractivity contribution in [2.24, 2.45) is 0 Å². The molecule has 0 amide bonds. The van der Waals surface area contributed by atoms with E-state index < -0.39 is 0 Å². The molecule has 2 rings (SSSR count). The average Bonchev–Trinajstić information content (AvgIpc) is 2.52. The molecule has 0 heterocycles. The maximum Gasteiger partial charge on any atom is 0.142 e. The number of rotatable bonds is 7. The standard InChI is InChI=1S/C18H23NO2/c1-4-10-21-18-11-14(2)8-9-17(18)19-13-15-6-5-7-16(12-15)20-3/h5-9,11-12,19H,4,10,13H2,1-3H3. The third-order valence-corrected chi connectivity index (χ3v) is 3.22. The zero-order valence-electron chi connectivity index (χ0n) is 13.0. The third-order valence-electron chi connectivity index (χ3n) is 3.22. The predicted molar refractivity (Wildman–Crippen MR) is 87.3 cm³/mol. The van der Waals surface area contributed by atoms with Gasteiger partial charge in [0.1, 0.15) is 11.5 Å². The molecule has 0 aliphatic rings. The van der Waals surface area contributed by atoms with Gasteiger partial charge in [0.05, 0.1) is 19.4 Å². The van der Waals surface area contributed by atoms with Crippen molar-refractivity contribution in [1.82, 2.24) is 0 Å². The minimum atomic E-state index is 0.733. The molecule has 0 spiro atoms. The van der Waals surface area contributed by atoms with E-state index in [1.54, 1.807) is 7.11 Å². The molecule has 0 saturated heterocycles. The number of ether oxygens (including phenoxy) is 2. The molecule has 3 nitrogen and oxygen atoms in total. The van der Waals surface area contributed by atoms with Crippen molar-refractivity contribution in [2.45, 2.75) is 26.8 Å². The Hall–Kier alpha value is -2.16. The summed E-state index contributed by atoms with van der Waals surface area (Å²) in [7, 11) is 1.68. The number of methoxy groups -OCH3 is 1. The molecule has 0 aliphatic heterocycles. The summed E-state index contributed by atoms with van der Waals surface area (Å²) in [4.78, 5) is 0. The molecule has 0 aliphatic carbocycles. The monoisotopic (exact) mass is 285 g/mol. The second kappa shape index (κ2) is 7.58. The van der Waals surface area contributed by atoms with Gasteiger partial charge in [-0.1, -0.05) is 25.1 Å². The van der Waals surface area contributed by atoms with Gasteiger partial charge in [-0.05, 0) is 48.7 Å². The van der Waals surface area contributed by atoms with E-state index >= 15 is 0 Å². The summed E-state index contributed by atoms with van der Waals surface area (Å²) in [5.41, 5.74) is 3.40. The van der Waals surface area contributed by atoms with E-state index in [9.17, 15) is 0 Å². The van der Waals surface area contributed by atoms with Crippen LogP contribution in [0.4, 0.5) is 5.69 Å². The second-order valence-electron chi connectivity index (χ2n) is 5.05. The molecular formula is C18H23NO2. The molecule has 2 aromatic rings. The number of benzene rings is 2. The summed E-state index contributed by atoms with van der Waals surface area (Å²) in [5.74, 6) is 1.79. The molecule has 0 bridgehead atoms. The Morgan fingerprint density at radius 2 is 1.95 bits per heavy atom. The van der Waals surface area contributed by atoms with Gasteiger partial charge >= 0.3 is 0 Å².